The second-order valence-corrected chi connectivity index (χ2v) is 6.35. The fourth-order valence-corrected chi connectivity index (χ4v) is 2.72. The van der Waals surface area contributed by atoms with Gasteiger partial charge in [0.25, 0.3) is 0 Å². The zero-order valence-electron chi connectivity index (χ0n) is 15.1. The third-order valence-electron chi connectivity index (χ3n) is 4.37. The van der Waals surface area contributed by atoms with Crippen LogP contribution < -0.4 is 9.47 Å². The van der Waals surface area contributed by atoms with Crippen molar-refractivity contribution in [3.63, 3.8) is 0 Å². The zero-order valence-corrected chi connectivity index (χ0v) is 15.1. The smallest absolute Gasteiger partial charge is 0.496 e. The molecule has 0 fully saturated rings. The minimum atomic E-state index is -0.712. The molecule has 0 aliphatic heterocycles. The highest BCUT2D eigenvalue weighted by atomic mass is 16.7. The van der Waals surface area contributed by atoms with Crippen LogP contribution in [0.4, 0.5) is 4.79 Å². The molecule has 4 nitrogen and oxygen atoms in total. The van der Waals surface area contributed by atoms with Crippen LogP contribution in [0.1, 0.15) is 36.1 Å². The Hall–Kier alpha value is -2.49. The molecule has 0 unspecified atom stereocenters. The predicted octanol–water partition coefficient (Wildman–Crippen LogP) is 4.78. The number of hydrogen-bond donors (Lipinski definition) is 0. The lowest BCUT2D eigenvalue weighted by atomic mass is 9.77. The summed E-state index contributed by atoms with van der Waals surface area (Å²) in [6.45, 7) is 8.29. The molecule has 4 heteroatoms. The summed E-state index contributed by atoms with van der Waals surface area (Å²) in [6.07, 6.45) is -0.712. The highest BCUT2D eigenvalue weighted by Gasteiger charge is 2.24. The van der Waals surface area contributed by atoms with Crippen molar-refractivity contribution >= 4 is 6.16 Å². The summed E-state index contributed by atoms with van der Waals surface area (Å²) in [6, 6.07) is 12.0. The molecule has 0 atom stereocenters. The lowest BCUT2D eigenvalue weighted by molar-refractivity contribution is 0.121. The molecule has 2 rings (SSSR count). The molecule has 24 heavy (non-hydrogen) atoms. The molecule has 0 aromatic heterocycles. The van der Waals surface area contributed by atoms with Gasteiger partial charge in [0.15, 0.2) is 0 Å². The van der Waals surface area contributed by atoms with E-state index in [4.69, 9.17) is 9.47 Å². The summed E-state index contributed by atoms with van der Waals surface area (Å²) in [4.78, 5) is 11.3. The van der Waals surface area contributed by atoms with E-state index in [1.54, 1.807) is 13.2 Å². The van der Waals surface area contributed by atoms with Crippen LogP contribution in [-0.2, 0) is 10.2 Å². The summed E-state index contributed by atoms with van der Waals surface area (Å²) < 4.78 is 15.0. The van der Waals surface area contributed by atoms with Gasteiger partial charge in [-0.05, 0) is 48.2 Å². The van der Waals surface area contributed by atoms with Gasteiger partial charge in [0.2, 0.25) is 0 Å². The lowest BCUT2D eigenvalue weighted by Crippen LogP contribution is -2.19. The van der Waals surface area contributed by atoms with Crippen molar-refractivity contribution < 1.29 is 19.0 Å². The van der Waals surface area contributed by atoms with E-state index in [1.165, 1.54) is 12.7 Å². The van der Waals surface area contributed by atoms with Gasteiger partial charge in [-0.1, -0.05) is 38.1 Å². The SMILES string of the molecule is COC(=O)Oc1ccc(C(C)(C)c2ccc(OC)c(C)c2)cc1C. The largest absolute Gasteiger partial charge is 0.513 e. The second kappa shape index (κ2) is 6.95. The van der Waals surface area contributed by atoms with Crippen LogP contribution in [0.2, 0.25) is 0 Å². The van der Waals surface area contributed by atoms with Crippen LogP contribution in [-0.4, -0.2) is 20.4 Å². The number of hydrogen-bond acceptors (Lipinski definition) is 4. The monoisotopic (exact) mass is 328 g/mol. The second-order valence-electron chi connectivity index (χ2n) is 6.35. The summed E-state index contributed by atoms with van der Waals surface area (Å²) in [5, 5.41) is 0. The number of ether oxygens (including phenoxy) is 3. The molecule has 0 saturated heterocycles. The van der Waals surface area contributed by atoms with Crippen molar-refractivity contribution in [3.05, 3.63) is 58.7 Å². The Morgan fingerprint density at radius 2 is 1.38 bits per heavy atom. The number of rotatable bonds is 4. The Kier molecular flexibility index (Phi) is 5.17. The zero-order chi connectivity index (χ0) is 17.9. The van der Waals surface area contributed by atoms with E-state index in [-0.39, 0.29) is 5.41 Å². The van der Waals surface area contributed by atoms with Crippen LogP contribution in [0.15, 0.2) is 36.4 Å². The standard InChI is InChI=1S/C20H24O4/c1-13-11-15(7-9-17(13)22-5)20(3,4)16-8-10-18(14(2)12-16)24-19(21)23-6/h7-12H,1-6H3. The van der Waals surface area contributed by atoms with Crippen LogP contribution >= 0.6 is 0 Å². The fraction of sp³-hybridized carbons (Fsp3) is 0.350. The molecule has 0 bridgehead atoms. The van der Waals surface area contributed by atoms with Crippen LogP contribution in [0.5, 0.6) is 11.5 Å². The summed E-state index contributed by atoms with van der Waals surface area (Å²) in [5.41, 5.74) is 4.14. The van der Waals surface area contributed by atoms with E-state index >= 15 is 0 Å². The Morgan fingerprint density at radius 3 is 1.79 bits per heavy atom. The Labute approximate surface area is 143 Å². The topological polar surface area (TPSA) is 44.8 Å². The summed E-state index contributed by atoms with van der Waals surface area (Å²) in [5.74, 6) is 1.39. The van der Waals surface area contributed by atoms with Gasteiger partial charge in [-0.25, -0.2) is 4.79 Å². The van der Waals surface area contributed by atoms with E-state index in [2.05, 4.69) is 30.7 Å². The van der Waals surface area contributed by atoms with Crippen LogP contribution in [0.3, 0.4) is 0 Å². The van der Waals surface area contributed by atoms with Crippen molar-refractivity contribution in [2.24, 2.45) is 0 Å². The quantitative estimate of drug-likeness (QED) is 0.598. The predicted molar refractivity (Wildman–Crippen MR) is 94.1 cm³/mol. The van der Waals surface area contributed by atoms with Crippen LogP contribution in [0, 0.1) is 13.8 Å². The highest BCUT2D eigenvalue weighted by molar-refractivity contribution is 5.64. The fourth-order valence-electron chi connectivity index (χ4n) is 2.72. The first-order valence-corrected chi connectivity index (χ1v) is 7.81. The third-order valence-corrected chi connectivity index (χ3v) is 4.37. The molecule has 0 aliphatic rings. The molecule has 0 aliphatic carbocycles. The molecule has 0 saturated carbocycles. The highest BCUT2D eigenvalue weighted by Crippen LogP contribution is 2.35. The summed E-state index contributed by atoms with van der Waals surface area (Å²) in [7, 11) is 2.97. The van der Waals surface area contributed by atoms with Crippen molar-refractivity contribution in [2.45, 2.75) is 33.1 Å². The molecule has 2 aromatic rings. The number of aryl methyl sites for hydroxylation is 2. The molecular weight excluding hydrogens is 304 g/mol. The van der Waals surface area contributed by atoms with Gasteiger partial charge >= 0.3 is 6.16 Å². The van der Waals surface area contributed by atoms with E-state index in [1.807, 2.05) is 32.0 Å². The Bertz CT molecular complexity index is 747. The van der Waals surface area contributed by atoms with Crippen molar-refractivity contribution in [1.82, 2.24) is 0 Å². The van der Waals surface area contributed by atoms with Gasteiger partial charge in [0, 0.05) is 5.41 Å². The maximum Gasteiger partial charge on any atom is 0.513 e. The number of benzene rings is 2. The lowest BCUT2D eigenvalue weighted by Gasteiger charge is -2.27. The number of carbonyl (C=O) groups excluding carboxylic acids is 1. The van der Waals surface area contributed by atoms with Crippen molar-refractivity contribution in [3.8, 4) is 11.5 Å². The van der Waals surface area contributed by atoms with E-state index in [0.29, 0.717) is 5.75 Å². The maximum atomic E-state index is 11.3. The van der Waals surface area contributed by atoms with Crippen molar-refractivity contribution in [2.75, 3.05) is 14.2 Å². The van der Waals surface area contributed by atoms with Gasteiger partial charge in [0.1, 0.15) is 11.5 Å². The average Bonchev–Trinajstić information content (AvgIpc) is 2.56. The third kappa shape index (κ3) is 3.53. The van der Waals surface area contributed by atoms with E-state index < -0.39 is 6.16 Å². The molecule has 0 amide bonds. The van der Waals surface area contributed by atoms with Gasteiger partial charge in [0.05, 0.1) is 14.2 Å². The van der Waals surface area contributed by atoms with Gasteiger partial charge in [-0.2, -0.15) is 0 Å². The average molecular weight is 328 g/mol. The first kappa shape index (κ1) is 17.9. The van der Waals surface area contributed by atoms with Gasteiger partial charge in [-0.3, -0.25) is 0 Å². The maximum absolute atomic E-state index is 11.3. The minimum absolute atomic E-state index is 0.189. The normalized spacial score (nSPS) is 11.1. The minimum Gasteiger partial charge on any atom is -0.496 e. The molecule has 128 valence electrons. The molecule has 0 radical (unpaired) electrons. The summed E-state index contributed by atoms with van der Waals surface area (Å²) >= 11 is 0. The Morgan fingerprint density at radius 1 is 0.875 bits per heavy atom. The molecular formula is C20H24O4. The van der Waals surface area contributed by atoms with Crippen molar-refractivity contribution in [1.29, 1.82) is 0 Å². The van der Waals surface area contributed by atoms with Gasteiger partial charge < -0.3 is 14.2 Å². The molecule has 0 heterocycles. The molecule has 2 aromatic carbocycles. The van der Waals surface area contributed by atoms with Gasteiger partial charge in [-0.15, -0.1) is 0 Å². The first-order chi connectivity index (χ1) is 11.3. The first-order valence-electron chi connectivity index (χ1n) is 7.81. The molecule has 0 N–H and O–H groups in total. The molecule has 0 spiro atoms. The Balaban J connectivity index is 2.37. The van der Waals surface area contributed by atoms with E-state index in [9.17, 15) is 4.79 Å². The number of carbonyl (C=O) groups is 1. The van der Waals surface area contributed by atoms with Crippen LogP contribution in [0.25, 0.3) is 0 Å². The van der Waals surface area contributed by atoms with E-state index in [0.717, 1.165) is 22.4 Å². The number of methoxy groups -OCH3 is 2.